The average molecular weight is 265 g/mol. The van der Waals surface area contributed by atoms with Crippen molar-refractivity contribution < 1.29 is 9.53 Å². The number of hydrogen-bond acceptors (Lipinski definition) is 3. The highest BCUT2D eigenvalue weighted by molar-refractivity contribution is 6.31. The molecule has 0 saturated carbocycles. The van der Waals surface area contributed by atoms with Crippen LogP contribution >= 0.6 is 11.6 Å². The number of halogens is 1. The highest BCUT2D eigenvalue weighted by Crippen LogP contribution is 2.25. The lowest BCUT2D eigenvalue weighted by atomic mass is 10.1. The normalized spacial score (nSPS) is 16.7. The van der Waals surface area contributed by atoms with Crippen LogP contribution in [0.4, 0.5) is 5.69 Å². The molecule has 0 fully saturated rings. The van der Waals surface area contributed by atoms with Crippen molar-refractivity contribution in [2.75, 3.05) is 11.9 Å². The fourth-order valence-corrected chi connectivity index (χ4v) is 1.82. The lowest BCUT2D eigenvalue weighted by molar-refractivity contribution is -0.113. The van der Waals surface area contributed by atoms with Crippen LogP contribution in [0.2, 0.25) is 5.02 Å². The fourth-order valence-electron chi connectivity index (χ4n) is 1.64. The monoisotopic (exact) mass is 264 g/mol. The summed E-state index contributed by atoms with van der Waals surface area (Å²) in [6.07, 6.45) is 1.37. The molecule has 0 atom stereocenters. The second kappa shape index (κ2) is 5.23. The van der Waals surface area contributed by atoms with E-state index in [2.05, 4.69) is 10.3 Å². The van der Waals surface area contributed by atoms with Crippen LogP contribution in [-0.2, 0) is 9.53 Å². The van der Waals surface area contributed by atoms with Crippen LogP contribution in [0.1, 0.15) is 19.4 Å². The maximum absolute atomic E-state index is 11.9. The molecule has 0 aliphatic carbocycles. The number of benzene rings is 1. The van der Waals surface area contributed by atoms with E-state index in [0.717, 1.165) is 11.3 Å². The number of fused-ring (bicyclic) bond motifs is 1. The van der Waals surface area contributed by atoms with Gasteiger partial charge in [0, 0.05) is 16.3 Å². The summed E-state index contributed by atoms with van der Waals surface area (Å²) in [7, 11) is 0. The Bertz CT molecular complexity index is 550. The molecule has 1 N–H and O–H groups in total. The van der Waals surface area contributed by atoms with Crippen LogP contribution in [0, 0.1) is 0 Å². The Morgan fingerprint density at radius 1 is 1.50 bits per heavy atom. The van der Waals surface area contributed by atoms with Crippen LogP contribution in [0.3, 0.4) is 0 Å². The van der Waals surface area contributed by atoms with Crippen molar-refractivity contribution in [2.45, 2.75) is 13.8 Å². The number of anilines is 1. The molecule has 0 unspecified atom stereocenters. The second-order valence-electron chi connectivity index (χ2n) is 3.80. The number of amides is 1. The van der Waals surface area contributed by atoms with E-state index in [1.54, 1.807) is 18.2 Å². The third-order valence-corrected chi connectivity index (χ3v) is 2.74. The number of nitrogens with one attached hydrogen (secondary N) is 1. The maximum Gasteiger partial charge on any atom is 0.277 e. The number of hydrogen-bond donors (Lipinski definition) is 1. The van der Waals surface area contributed by atoms with E-state index in [1.165, 1.54) is 6.26 Å². The van der Waals surface area contributed by atoms with Gasteiger partial charge in [0.1, 0.15) is 6.26 Å². The van der Waals surface area contributed by atoms with Gasteiger partial charge in [-0.25, -0.2) is 4.99 Å². The van der Waals surface area contributed by atoms with Gasteiger partial charge in [0.05, 0.1) is 12.3 Å². The molecule has 0 aromatic heterocycles. The topological polar surface area (TPSA) is 50.7 Å². The number of nitrogens with zero attached hydrogens (tertiary/aromatic N) is 1. The maximum atomic E-state index is 11.9. The second-order valence-corrected chi connectivity index (χ2v) is 4.24. The van der Waals surface area contributed by atoms with Crippen molar-refractivity contribution in [1.82, 2.24) is 0 Å². The van der Waals surface area contributed by atoms with E-state index < -0.39 is 0 Å². The minimum Gasteiger partial charge on any atom is -0.499 e. The van der Waals surface area contributed by atoms with Gasteiger partial charge < -0.3 is 10.1 Å². The summed E-state index contributed by atoms with van der Waals surface area (Å²) < 4.78 is 5.11. The van der Waals surface area contributed by atoms with Crippen molar-refractivity contribution in [3.8, 4) is 0 Å². The first kappa shape index (κ1) is 12.6. The summed E-state index contributed by atoms with van der Waals surface area (Å²) in [5, 5.41) is 3.38. The SMILES string of the molecule is CCO/C=C1/N=C(C)c2cc(Cl)ccc2NC1=O. The lowest BCUT2D eigenvalue weighted by Gasteiger charge is -2.06. The molecule has 2 rings (SSSR count). The fraction of sp³-hybridized carbons (Fsp3) is 0.231. The molecule has 1 aliphatic rings. The minimum absolute atomic E-state index is 0.252. The zero-order valence-electron chi connectivity index (χ0n) is 10.2. The number of carbonyl (C=O) groups is 1. The van der Waals surface area contributed by atoms with Gasteiger partial charge in [0.15, 0.2) is 5.70 Å². The van der Waals surface area contributed by atoms with E-state index >= 15 is 0 Å². The molecule has 94 valence electrons. The smallest absolute Gasteiger partial charge is 0.277 e. The minimum atomic E-state index is -0.288. The largest absolute Gasteiger partial charge is 0.499 e. The molecule has 0 saturated heterocycles. The Morgan fingerprint density at radius 2 is 2.28 bits per heavy atom. The quantitative estimate of drug-likeness (QED) is 0.659. The van der Waals surface area contributed by atoms with Crippen LogP contribution in [0.5, 0.6) is 0 Å². The van der Waals surface area contributed by atoms with Crippen molar-refractivity contribution in [3.05, 3.63) is 40.7 Å². The summed E-state index contributed by atoms with van der Waals surface area (Å²) >= 11 is 5.94. The van der Waals surface area contributed by atoms with Gasteiger partial charge in [-0.2, -0.15) is 0 Å². The Morgan fingerprint density at radius 3 is 3.00 bits per heavy atom. The Kier molecular flexibility index (Phi) is 3.67. The van der Waals surface area contributed by atoms with Crippen LogP contribution < -0.4 is 5.32 Å². The number of rotatable bonds is 2. The van der Waals surface area contributed by atoms with E-state index in [-0.39, 0.29) is 11.6 Å². The third-order valence-electron chi connectivity index (χ3n) is 2.50. The van der Waals surface area contributed by atoms with Gasteiger partial charge in [0.25, 0.3) is 5.91 Å². The summed E-state index contributed by atoms with van der Waals surface area (Å²) in [5.74, 6) is -0.288. The predicted octanol–water partition coefficient (Wildman–Crippen LogP) is 2.98. The first-order chi connectivity index (χ1) is 8.61. The first-order valence-corrected chi connectivity index (χ1v) is 5.98. The molecule has 1 aromatic carbocycles. The predicted molar refractivity (Wildman–Crippen MR) is 72.0 cm³/mol. The molecular formula is C13H13ClN2O2. The third kappa shape index (κ3) is 2.54. The molecule has 1 aromatic rings. The van der Waals surface area contributed by atoms with E-state index in [4.69, 9.17) is 16.3 Å². The van der Waals surface area contributed by atoms with Crippen molar-refractivity contribution in [2.24, 2.45) is 4.99 Å². The zero-order valence-corrected chi connectivity index (χ0v) is 10.9. The van der Waals surface area contributed by atoms with E-state index in [1.807, 2.05) is 13.8 Å². The molecule has 5 heteroatoms. The van der Waals surface area contributed by atoms with Gasteiger partial charge in [-0.15, -0.1) is 0 Å². The number of ether oxygens (including phenoxy) is 1. The van der Waals surface area contributed by atoms with Crippen molar-refractivity contribution >= 4 is 28.9 Å². The molecule has 0 radical (unpaired) electrons. The van der Waals surface area contributed by atoms with Crippen LogP contribution in [0.15, 0.2) is 35.2 Å². The van der Waals surface area contributed by atoms with Gasteiger partial charge >= 0.3 is 0 Å². The average Bonchev–Trinajstić information content (AvgIpc) is 2.46. The molecule has 1 heterocycles. The van der Waals surface area contributed by atoms with Crippen molar-refractivity contribution in [1.29, 1.82) is 0 Å². The standard InChI is InChI=1S/C13H13ClN2O2/c1-3-18-7-12-13(17)16-11-5-4-9(14)6-10(11)8(2)15-12/h4-7H,3H2,1-2H3,(H,16,17)/b12-7+. The Balaban J connectivity index is 2.46. The molecule has 4 nitrogen and oxygen atoms in total. The number of benzodiazepines with no additional fused rings is 1. The van der Waals surface area contributed by atoms with Gasteiger partial charge in [-0.3, -0.25) is 4.79 Å². The molecule has 18 heavy (non-hydrogen) atoms. The van der Waals surface area contributed by atoms with E-state index in [9.17, 15) is 4.79 Å². The first-order valence-electron chi connectivity index (χ1n) is 5.60. The molecular weight excluding hydrogens is 252 g/mol. The Labute approximate surface area is 110 Å². The highest BCUT2D eigenvalue weighted by Gasteiger charge is 2.18. The summed E-state index contributed by atoms with van der Waals surface area (Å²) in [4.78, 5) is 16.2. The molecule has 0 spiro atoms. The molecule has 1 aliphatic heterocycles. The summed E-state index contributed by atoms with van der Waals surface area (Å²) in [6, 6.07) is 5.27. The van der Waals surface area contributed by atoms with Crippen LogP contribution in [0.25, 0.3) is 0 Å². The van der Waals surface area contributed by atoms with Gasteiger partial charge in [0.2, 0.25) is 0 Å². The number of carbonyl (C=O) groups excluding carboxylic acids is 1. The van der Waals surface area contributed by atoms with E-state index in [0.29, 0.717) is 17.3 Å². The Hall–Kier alpha value is -1.81. The number of aliphatic imine (C=N–C) groups is 1. The highest BCUT2D eigenvalue weighted by atomic mass is 35.5. The van der Waals surface area contributed by atoms with Crippen molar-refractivity contribution in [3.63, 3.8) is 0 Å². The molecule has 1 amide bonds. The summed E-state index contributed by atoms with van der Waals surface area (Å²) in [6.45, 7) is 4.16. The van der Waals surface area contributed by atoms with Gasteiger partial charge in [-0.1, -0.05) is 11.6 Å². The zero-order chi connectivity index (χ0) is 13.1. The molecule has 0 bridgehead atoms. The lowest BCUT2D eigenvalue weighted by Crippen LogP contribution is -2.12. The van der Waals surface area contributed by atoms with Crippen LogP contribution in [-0.4, -0.2) is 18.2 Å². The summed E-state index contributed by atoms with van der Waals surface area (Å²) in [5.41, 5.74) is 2.49. The van der Waals surface area contributed by atoms with Gasteiger partial charge in [-0.05, 0) is 32.0 Å².